The number of amides is 5. The first kappa shape index (κ1) is 34.2. The highest BCUT2D eigenvalue weighted by Crippen LogP contribution is 2.23. The molecule has 0 saturated carbocycles. The normalized spacial score (nSPS) is 22.6. The Morgan fingerprint density at radius 1 is 0.854 bits per heavy atom. The quantitative estimate of drug-likeness (QED) is 0.374. The number of fused-ring (bicyclic) bond motifs is 1. The van der Waals surface area contributed by atoms with Crippen LogP contribution in [0.4, 0.5) is 0 Å². The van der Waals surface area contributed by atoms with Crippen molar-refractivity contribution < 1.29 is 28.7 Å². The monoisotopic (exact) mass is 653 g/mol. The third kappa shape index (κ3) is 8.58. The van der Waals surface area contributed by atoms with Crippen molar-refractivity contribution in [3.8, 4) is 11.5 Å². The Kier molecular flexibility index (Phi) is 11.1. The molecule has 11 heteroatoms. The molecule has 0 aromatic heterocycles. The van der Waals surface area contributed by atoms with E-state index in [0.717, 1.165) is 5.56 Å². The molecule has 5 rings (SSSR count). The lowest BCUT2D eigenvalue weighted by Gasteiger charge is -2.31. The van der Waals surface area contributed by atoms with Crippen LogP contribution in [0.1, 0.15) is 49.5 Å². The van der Waals surface area contributed by atoms with Crippen LogP contribution in [-0.4, -0.2) is 83.1 Å². The van der Waals surface area contributed by atoms with Crippen LogP contribution in [0.3, 0.4) is 0 Å². The number of nitrogens with one attached hydrogen (secondary N) is 3. The van der Waals surface area contributed by atoms with E-state index in [9.17, 15) is 24.0 Å². The second-order valence-corrected chi connectivity index (χ2v) is 12.7. The largest absolute Gasteiger partial charge is 0.457 e. The molecule has 0 radical (unpaired) electrons. The zero-order valence-electron chi connectivity index (χ0n) is 27.6. The second kappa shape index (κ2) is 15.6. The Hall–Kier alpha value is -5.19. The summed E-state index contributed by atoms with van der Waals surface area (Å²) in [6, 6.07) is 22.2. The molecule has 0 bridgehead atoms. The smallest absolute Gasteiger partial charge is 0.254 e. The number of ether oxygens (including phenoxy) is 1. The van der Waals surface area contributed by atoms with E-state index in [1.54, 1.807) is 43.3 Å². The Labute approximate surface area is 281 Å². The number of benzene rings is 3. The van der Waals surface area contributed by atoms with E-state index in [-0.39, 0.29) is 24.6 Å². The van der Waals surface area contributed by atoms with Gasteiger partial charge in [0.05, 0.1) is 12.6 Å². The maximum absolute atomic E-state index is 14.2. The average Bonchev–Trinajstić information content (AvgIpc) is 3.57. The molecule has 2 aliphatic heterocycles. The summed E-state index contributed by atoms with van der Waals surface area (Å²) in [5.74, 6) is -1.42. The molecular weight excluding hydrogens is 610 g/mol. The van der Waals surface area contributed by atoms with Crippen molar-refractivity contribution in [1.82, 2.24) is 25.8 Å². The third-order valence-corrected chi connectivity index (χ3v) is 8.63. The maximum Gasteiger partial charge on any atom is 0.254 e. The Morgan fingerprint density at radius 3 is 2.25 bits per heavy atom. The second-order valence-electron chi connectivity index (χ2n) is 12.7. The Balaban J connectivity index is 1.49. The molecule has 4 atom stereocenters. The summed E-state index contributed by atoms with van der Waals surface area (Å²) in [4.78, 5) is 71.3. The van der Waals surface area contributed by atoms with Gasteiger partial charge in [-0.15, -0.1) is 0 Å². The molecule has 0 spiro atoms. The van der Waals surface area contributed by atoms with E-state index in [2.05, 4.69) is 16.0 Å². The molecular formula is C37H43N5O6. The van der Waals surface area contributed by atoms with Crippen LogP contribution in [0.5, 0.6) is 11.5 Å². The minimum atomic E-state index is -0.934. The molecule has 48 heavy (non-hydrogen) atoms. The fourth-order valence-electron chi connectivity index (χ4n) is 6.19. The van der Waals surface area contributed by atoms with E-state index in [0.29, 0.717) is 37.3 Å². The fraction of sp³-hybridized carbons (Fsp3) is 0.378. The molecule has 2 fully saturated rings. The van der Waals surface area contributed by atoms with E-state index < -0.39 is 53.7 Å². The van der Waals surface area contributed by atoms with Gasteiger partial charge in [0.1, 0.15) is 29.6 Å². The average molecular weight is 654 g/mol. The first-order chi connectivity index (χ1) is 23.1. The van der Waals surface area contributed by atoms with E-state index >= 15 is 0 Å². The molecule has 5 amide bonds. The highest BCUT2D eigenvalue weighted by molar-refractivity contribution is 5.98. The fourth-order valence-corrected chi connectivity index (χ4v) is 6.19. The van der Waals surface area contributed by atoms with Crippen molar-refractivity contribution in [2.45, 2.75) is 64.2 Å². The summed E-state index contributed by atoms with van der Waals surface area (Å²) in [5, 5.41) is 8.71. The predicted octanol–water partition coefficient (Wildman–Crippen LogP) is 3.30. The molecule has 252 valence electrons. The number of carbonyl (C=O) groups excluding carboxylic acids is 5. The number of nitrogens with zero attached hydrogens (tertiary/aromatic N) is 2. The van der Waals surface area contributed by atoms with Crippen LogP contribution >= 0.6 is 0 Å². The maximum atomic E-state index is 14.2. The van der Waals surface area contributed by atoms with Crippen LogP contribution < -0.4 is 20.7 Å². The third-order valence-electron chi connectivity index (χ3n) is 8.63. The van der Waals surface area contributed by atoms with Crippen LogP contribution in [0.25, 0.3) is 0 Å². The van der Waals surface area contributed by atoms with E-state index in [4.69, 9.17) is 4.74 Å². The summed E-state index contributed by atoms with van der Waals surface area (Å²) in [7, 11) is 0. The van der Waals surface area contributed by atoms with Crippen molar-refractivity contribution in [2.75, 3.05) is 19.6 Å². The lowest BCUT2D eigenvalue weighted by atomic mass is 10.00. The van der Waals surface area contributed by atoms with Gasteiger partial charge < -0.3 is 30.5 Å². The van der Waals surface area contributed by atoms with Crippen LogP contribution in [0.15, 0.2) is 84.9 Å². The van der Waals surface area contributed by atoms with Crippen molar-refractivity contribution in [3.63, 3.8) is 0 Å². The first-order valence-corrected chi connectivity index (χ1v) is 16.5. The van der Waals surface area contributed by atoms with Crippen molar-refractivity contribution in [3.05, 3.63) is 96.1 Å². The minimum absolute atomic E-state index is 0.0213. The predicted molar refractivity (Wildman–Crippen MR) is 180 cm³/mol. The van der Waals surface area contributed by atoms with Gasteiger partial charge in [-0.05, 0) is 68.0 Å². The molecule has 2 aliphatic rings. The Morgan fingerprint density at radius 2 is 1.54 bits per heavy atom. The van der Waals surface area contributed by atoms with Gasteiger partial charge in [-0.3, -0.25) is 24.0 Å². The summed E-state index contributed by atoms with van der Waals surface area (Å²) < 4.78 is 5.96. The summed E-state index contributed by atoms with van der Waals surface area (Å²) in [6.07, 6.45) is 1.44. The molecule has 2 saturated heterocycles. The van der Waals surface area contributed by atoms with Crippen LogP contribution in [0, 0.1) is 5.92 Å². The van der Waals surface area contributed by atoms with Crippen LogP contribution in [-0.2, 0) is 25.6 Å². The number of rotatable bonds is 6. The number of carbonyl (C=O) groups is 5. The van der Waals surface area contributed by atoms with Gasteiger partial charge in [0.2, 0.25) is 23.6 Å². The number of hydrogen-bond acceptors (Lipinski definition) is 6. The van der Waals surface area contributed by atoms with Gasteiger partial charge in [-0.2, -0.15) is 0 Å². The molecule has 0 unspecified atom stereocenters. The zero-order chi connectivity index (χ0) is 34.2. The van der Waals surface area contributed by atoms with Crippen LogP contribution in [0.2, 0.25) is 0 Å². The minimum Gasteiger partial charge on any atom is -0.457 e. The van der Waals surface area contributed by atoms with Crippen molar-refractivity contribution >= 4 is 29.5 Å². The first-order valence-electron chi connectivity index (χ1n) is 16.5. The summed E-state index contributed by atoms with van der Waals surface area (Å²) in [6.45, 7) is 5.23. The molecule has 3 aromatic rings. The highest BCUT2D eigenvalue weighted by Gasteiger charge is 2.39. The number of para-hydroxylation sites is 1. The SMILES string of the molecule is CC(C)[C@@H]1NC(=O)[C@H]2CCCN2C(=O)[C@H](C)NC(=O)CN(C(=O)c2cccc(Oc3ccccc3)c2)C[C@H](Cc2ccccc2)NC1=O. The highest BCUT2D eigenvalue weighted by atomic mass is 16.5. The van der Waals surface area contributed by atoms with Gasteiger partial charge in [0.25, 0.3) is 5.91 Å². The summed E-state index contributed by atoms with van der Waals surface area (Å²) in [5.41, 5.74) is 1.21. The molecule has 0 aliphatic carbocycles. The van der Waals surface area contributed by atoms with Crippen molar-refractivity contribution in [1.29, 1.82) is 0 Å². The molecule has 3 N–H and O–H groups in total. The number of hydrogen-bond donors (Lipinski definition) is 3. The zero-order valence-corrected chi connectivity index (χ0v) is 27.6. The topological polar surface area (TPSA) is 137 Å². The van der Waals surface area contributed by atoms with Gasteiger partial charge in [-0.1, -0.05) is 68.4 Å². The van der Waals surface area contributed by atoms with Gasteiger partial charge in [0, 0.05) is 18.7 Å². The lowest BCUT2D eigenvalue weighted by Crippen LogP contribution is -2.58. The molecule has 3 aromatic carbocycles. The van der Waals surface area contributed by atoms with E-state index in [1.165, 1.54) is 9.80 Å². The Bertz CT molecular complexity index is 1610. The standard InChI is InChI=1S/C37H43N5O6/c1-24(2)33-35(45)39-28(20-26-12-6-4-7-13-26)22-41(37(47)27-14-10-17-30(21-27)48-29-15-8-5-9-16-29)23-32(43)38-25(3)36(46)42-19-11-18-31(42)34(44)40-33/h4-10,12-17,21,24-25,28,31,33H,11,18-20,22-23H2,1-3H3,(H,38,43)(H,39,45)(H,40,44)/t25-,28-,31+,33-/m0/s1. The molecule has 2 heterocycles. The van der Waals surface area contributed by atoms with Gasteiger partial charge in [-0.25, -0.2) is 0 Å². The molecule has 11 nitrogen and oxygen atoms in total. The van der Waals surface area contributed by atoms with Gasteiger partial charge >= 0.3 is 0 Å². The summed E-state index contributed by atoms with van der Waals surface area (Å²) >= 11 is 0. The van der Waals surface area contributed by atoms with Gasteiger partial charge in [0.15, 0.2) is 0 Å². The van der Waals surface area contributed by atoms with Crippen molar-refractivity contribution in [2.24, 2.45) is 5.92 Å². The van der Waals surface area contributed by atoms with E-state index in [1.807, 2.05) is 62.4 Å². The lowest BCUT2D eigenvalue weighted by molar-refractivity contribution is -0.142.